The number of thiophene rings is 1. The highest BCUT2D eigenvalue weighted by molar-refractivity contribution is 7.91. The highest BCUT2D eigenvalue weighted by Crippen LogP contribution is 2.27. The maximum Gasteiger partial charge on any atom is 0.252 e. The maximum atomic E-state index is 12.6. The molecule has 0 bridgehead atoms. The Balaban J connectivity index is 1.51. The van der Waals surface area contributed by atoms with Crippen LogP contribution in [0.5, 0.6) is 5.75 Å². The summed E-state index contributed by atoms with van der Waals surface area (Å²) in [7, 11) is -1.68. The molecule has 0 unspecified atom stereocenters. The van der Waals surface area contributed by atoms with E-state index in [1.165, 1.54) is 15.6 Å². The first-order valence-corrected chi connectivity index (χ1v) is 11.6. The van der Waals surface area contributed by atoms with Crippen molar-refractivity contribution in [2.75, 3.05) is 33.3 Å². The van der Waals surface area contributed by atoms with Gasteiger partial charge in [-0.05, 0) is 49.6 Å². The molecule has 0 radical (unpaired) electrons. The summed E-state index contributed by atoms with van der Waals surface area (Å²) in [5, 5.41) is 0. The zero-order chi connectivity index (χ0) is 20.1. The third kappa shape index (κ3) is 5.12. The Morgan fingerprint density at radius 3 is 2.68 bits per heavy atom. The van der Waals surface area contributed by atoms with Crippen LogP contribution in [0, 0.1) is 6.92 Å². The largest absolute Gasteiger partial charge is 0.492 e. The van der Waals surface area contributed by atoms with Crippen molar-refractivity contribution < 1.29 is 17.9 Å². The number of hydrogen-bond acceptors (Lipinski definition) is 5. The van der Waals surface area contributed by atoms with Gasteiger partial charge in [0.2, 0.25) is 5.91 Å². The summed E-state index contributed by atoms with van der Waals surface area (Å²) in [6, 6.07) is 11.1. The highest BCUT2D eigenvalue weighted by Gasteiger charge is 2.28. The fraction of sp³-hybridized carbons (Fsp3) is 0.450. The normalized spacial score (nSPS) is 14.9. The van der Waals surface area contributed by atoms with Crippen molar-refractivity contribution in [3.05, 3.63) is 46.8 Å². The van der Waals surface area contributed by atoms with Crippen LogP contribution in [0.15, 0.2) is 40.6 Å². The average molecular weight is 423 g/mol. The summed E-state index contributed by atoms with van der Waals surface area (Å²) < 4.78 is 32.7. The van der Waals surface area contributed by atoms with Crippen LogP contribution in [0.1, 0.15) is 23.3 Å². The Labute approximate surface area is 170 Å². The van der Waals surface area contributed by atoms with Gasteiger partial charge < -0.3 is 9.64 Å². The van der Waals surface area contributed by atoms with E-state index < -0.39 is 10.0 Å². The molecule has 152 valence electrons. The third-order valence-corrected chi connectivity index (χ3v) is 8.18. The Morgan fingerprint density at radius 1 is 1.21 bits per heavy atom. The first-order valence-electron chi connectivity index (χ1n) is 9.38. The van der Waals surface area contributed by atoms with E-state index in [-0.39, 0.29) is 12.3 Å². The maximum absolute atomic E-state index is 12.6. The minimum atomic E-state index is -3.42. The number of hydrogen-bond donors (Lipinski definition) is 0. The van der Waals surface area contributed by atoms with Crippen molar-refractivity contribution in [1.82, 2.24) is 9.21 Å². The zero-order valence-electron chi connectivity index (χ0n) is 16.3. The predicted octanol–water partition coefficient (Wildman–Crippen LogP) is 2.92. The van der Waals surface area contributed by atoms with Gasteiger partial charge in [0.1, 0.15) is 16.6 Å². The second-order valence-corrected chi connectivity index (χ2v) is 10.3. The molecule has 0 N–H and O–H groups in total. The van der Waals surface area contributed by atoms with Crippen molar-refractivity contribution in [1.29, 1.82) is 0 Å². The standard InChI is InChI=1S/C20H26N2O4S2/c1-16-6-5-7-17(14-16)26-13-12-21(2)19(23)15-18-8-9-20(27-18)28(24,25)22-10-3-4-11-22/h5-9,14H,3-4,10-13,15H2,1-2H3. The van der Waals surface area contributed by atoms with Gasteiger partial charge in [-0.2, -0.15) is 4.31 Å². The molecule has 0 saturated carbocycles. The molecule has 8 heteroatoms. The van der Waals surface area contributed by atoms with Crippen LogP contribution in [-0.4, -0.2) is 56.8 Å². The molecule has 1 aliphatic heterocycles. The monoisotopic (exact) mass is 422 g/mol. The topological polar surface area (TPSA) is 66.9 Å². The molecule has 28 heavy (non-hydrogen) atoms. The van der Waals surface area contributed by atoms with Crippen LogP contribution in [0.25, 0.3) is 0 Å². The Hall–Kier alpha value is -1.90. The lowest BCUT2D eigenvalue weighted by Crippen LogP contribution is -2.31. The van der Waals surface area contributed by atoms with Crippen molar-refractivity contribution in [3.63, 3.8) is 0 Å². The number of ether oxygens (including phenoxy) is 1. The van der Waals surface area contributed by atoms with E-state index in [2.05, 4.69) is 0 Å². The molecule has 3 rings (SSSR count). The third-order valence-electron chi connectivity index (χ3n) is 4.73. The summed E-state index contributed by atoms with van der Waals surface area (Å²) in [4.78, 5) is 14.8. The first kappa shape index (κ1) is 20.8. The van der Waals surface area contributed by atoms with Crippen LogP contribution >= 0.6 is 11.3 Å². The van der Waals surface area contributed by atoms with Crippen molar-refractivity contribution in [2.45, 2.75) is 30.4 Å². The van der Waals surface area contributed by atoms with Crippen molar-refractivity contribution in [3.8, 4) is 5.75 Å². The number of carbonyl (C=O) groups is 1. The molecule has 2 heterocycles. The lowest BCUT2D eigenvalue weighted by atomic mass is 10.2. The number of rotatable bonds is 8. The number of benzene rings is 1. The van der Waals surface area contributed by atoms with Crippen LogP contribution in [-0.2, 0) is 21.2 Å². The summed E-state index contributed by atoms with van der Waals surface area (Å²) in [5.41, 5.74) is 1.12. The van der Waals surface area contributed by atoms with E-state index in [1.54, 1.807) is 24.1 Å². The minimum absolute atomic E-state index is 0.0557. The summed E-state index contributed by atoms with van der Waals surface area (Å²) in [5.74, 6) is 0.732. The number of nitrogens with zero attached hydrogens (tertiary/aromatic N) is 2. The quantitative estimate of drug-likeness (QED) is 0.656. The molecular formula is C20H26N2O4S2. The Kier molecular flexibility index (Phi) is 6.74. The number of likely N-dealkylation sites (N-methyl/N-ethyl adjacent to an activating group) is 1. The van der Waals surface area contributed by atoms with E-state index in [1.807, 2.05) is 31.2 Å². The minimum Gasteiger partial charge on any atom is -0.492 e. The van der Waals surface area contributed by atoms with Crippen LogP contribution < -0.4 is 4.74 Å². The number of aryl methyl sites for hydroxylation is 1. The summed E-state index contributed by atoms with van der Waals surface area (Å²) in [6.07, 6.45) is 2.01. The SMILES string of the molecule is Cc1cccc(OCCN(C)C(=O)Cc2ccc(S(=O)(=O)N3CCCC3)s2)c1. The fourth-order valence-corrected chi connectivity index (χ4v) is 6.08. The van der Waals surface area contributed by atoms with E-state index in [0.29, 0.717) is 30.5 Å². The van der Waals surface area contributed by atoms with Gasteiger partial charge in [0.05, 0.1) is 13.0 Å². The molecule has 1 aliphatic rings. The molecule has 1 aromatic heterocycles. The molecule has 0 spiro atoms. The molecule has 0 aliphatic carbocycles. The molecule has 2 aromatic rings. The summed E-state index contributed by atoms with van der Waals surface area (Å²) in [6.45, 7) is 4.04. The van der Waals surface area contributed by atoms with Crippen LogP contribution in [0.2, 0.25) is 0 Å². The lowest BCUT2D eigenvalue weighted by molar-refractivity contribution is -0.129. The average Bonchev–Trinajstić information content (AvgIpc) is 3.34. The van der Waals surface area contributed by atoms with Gasteiger partial charge in [0, 0.05) is 25.0 Å². The lowest BCUT2D eigenvalue weighted by Gasteiger charge is -2.17. The number of carbonyl (C=O) groups excluding carboxylic acids is 1. The molecule has 1 amide bonds. The number of amides is 1. The van der Waals surface area contributed by atoms with Gasteiger partial charge in [-0.3, -0.25) is 4.79 Å². The molecule has 6 nitrogen and oxygen atoms in total. The van der Waals surface area contributed by atoms with Gasteiger partial charge in [-0.1, -0.05) is 12.1 Å². The predicted molar refractivity (Wildman–Crippen MR) is 110 cm³/mol. The Bertz CT molecular complexity index is 918. The Morgan fingerprint density at radius 2 is 1.96 bits per heavy atom. The second kappa shape index (κ2) is 9.07. The van der Waals surface area contributed by atoms with Crippen LogP contribution in [0.3, 0.4) is 0 Å². The number of sulfonamides is 1. The smallest absolute Gasteiger partial charge is 0.252 e. The molecule has 0 atom stereocenters. The van der Waals surface area contributed by atoms with Gasteiger partial charge in [-0.15, -0.1) is 11.3 Å². The fourth-order valence-electron chi connectivity index (χ4n) is 3.06. The van der Waals surface area contributed by atoms with Gasteiger partial charge in [0.25, 0.3) is 10.0 Å². The van der Waals surface area contributed by atoms with Gasteiger partial charge in [-0.25, -0.2) is 8.42 Å². The molecule has 1 fully saturated rings. The van der Waals surface area contributed by atoms with E-state index in [0.717, 1.165) is 29.0 Å². The van der Waals surface area contributed by atoms with E-state index >= 15 is 0 Å². The molecular weight excluding hydrogens is 396 g/mol. The zero-order valence-corrected chi connectivity index (χ0v) is 17.9. The first-order chi connectivity index (χ1) is 13.4. The summed E-state index contributed by atoms with van der Waals surface area (Å²) >= 11 is 1.19. The van der Waals surface area contributed by atoms with Crippen molar-refractivity contribution >= 4 is 27.3 Å². The molecule has 1 aromatic carbocycles. The van der Waals surface area contributed by atoms with Crippen molar-refractivity contribution in [2.24, 2.45) is 0 Å². The van der Waals surface area contributed by atoms with Crippen LogP contribution in [0.4, 0.5) is 0 Å². The van der Waals surface area contributed by atoms with Gasteiger partial charge >= 0.3 is 0 Å². The van der Waals surface area contributed by atoms with Gasteiger partial charge in [0.15, 0.2) is 0 Å². The molecule has 1 saturated heterocycles. The van der Waals surface area contributed by atoms with E-state index in [4.69, 9.17) is 4.74 Å². The second-order valence-electron chi connectivity index (χ2n) is 6.99. The van der Waals surface area contributed by atoms with E-state index in [9.17, 15) is 13.2 Å². The highest BCUT2D eigenvalue weighted by atomic mass is 32.2.